The first-order valence-corrected chi connectivity index (χ1v) is 8.30. The number of nitrogens with one attached hydrogen (secondary N) is 2. The highest BCUT2D eigenvalue weighted by Gasteiger charge is 2.25. The van der Waals surface area contributed by atoms with Crippen molar-refractivity contribution in [1.82, 2.24) is 9.97 Å². The lowest BCUT2D eigenvalue weighted by atomic mass is 9.95. The highest BCUT2D eigenvalue weighted by atomic mass is 15.1. The predicted molar refractivity (Wildman–Crippen MR) is 89.9 cm³/mol. The average molecular weight is 290 g/mol. The zero-order valence-electron chi connectivity index (χ0n) is 14.2. The van der Waals surface area contributed by atoms with Crippen LogP contribution in [0, 0.1) is 5.92 Å². The molecular formula is C17H30N4. The van der Waals surface area contributed by atoms with Crippen molar-refractivity contribution >= 4 is 11.6 Å². The van der Waals surface area contributed by atoms with Crippen LogP contribution in [-0.4, -0.2) is 22.6 Å². The van der Waals surface area contributed by atoms with Crippen molar-refractivity contribution in [3.05, 3.63) is 11.9 Å². The topological polar surface area (TPSA) is 49.8 Å². The van der Waals surface area contributed by atoms with E-state index in [4.69, 9.17) is 4.98 Å². The molecule has 1 aromatic heterocycles. The van der Waals surface area contributed by atoms with Gasteiger partial charge in [-0.3, -0.25) is 0 Å². The van der Waals surface area contributed by atoms with Crippen LogP contribution in [0.1, 0.15) is 66.1 Å². The van der Waals surface area contributed by atoms with Crippen LogP contribution in [0.25, 0.3) is 0 Å². The van der Waals surface area contributed by atoms with Crippen molar-refractivity contribution in [2.45, 2.75) is 71.8 Å². The molecule has 4 nitrogen and oxygen atoms in total. The van der Waals surface area contributed by atoms with Crippen LogP contribution in [0.2, 0.25) is 0 Å². The van der Waals surface area contributed by atoms with Crippen molar-refractivity contribution in [3.63, 3.8) is 0 Å². The highest BCUT2D eigenvalue weighted by Crippen LogP contribution is 2.29. The molecule has 0 aliphatic heterocycles. The van der Waals surface area contributed by atoms with Gasteiger partial charge in [-0.25, -0.2) is 9.97 Å². The van der Waals surface area contributed by atoms with Crippen LogP contribution < -0.4 is 10.6 Å². The van der Waals surface area contributed by atoms with E-state index in [1.54, 1.807) is 0 Å². The standard InChI is InChI=1S/C17H30N4/c1-6-10-18-14-11-15(19-13-9-7-8-12(13)2)21-16(20-14)17(3,4)5/h11-13H,6-10H2,1-5H3,(H2,18,19,20,21). The molecule has 1 aromatic rings. The maximum atomic E-state index is 4.75. The molecule has 2 unspecified atom stereocenters. The van der Waals surface area contributed by atoms with Crippen LogP contribution in [0.5, 0.6) is 0 Å². The predicted octanol–water partition coefficient (Wildman–Crippen LogP) is 4.20. The first-order chi connectivity index (χ1) is 9.90. The van der Waals surface area contributed by atoms with Crippen LogP contribution in [0.15, 0.2) is 6.07 Å². The molecular weight excluding hydrogens is 260 g/mol. The first-order valence-electron chi connectivity index (χ1n) is 8.30. The van der Waals surface area contributed by atoms with Gasteiger partial charge in [-0.15, -0.1) is 0 Å². The number of nitrogens with zero attached hydrogens (tertiary/aromatic N) is 2. The summed E-state index contributed by atoms with van der Waals surface area (Å²) in [6.07, 6.45) is 4.97. The fourth-order valence-electron chi connectivity index (χ4n) is 2.75. The van der Waals surface area contributed by atoms with E-state index in [1.807, 2.05) is 0 Å². The van der Waals surface area contributed by atoms with Gasteiger partial charge in [0.2, 0.25) is 0 Å². The second-order valence-electron chi connectivity index (χ2n) is 7.30. The van der Waals surface area contributed by atoms with E-state index >= 15 is 0 Å². The largest absolute Gasteiger partial charge is 0.370 e. The van der Waals surface area contributed by atoms with E-state index in [-0.39, 0.29) is 5.41 Å². The third kappa shape index (κ3) is 4.32. The monoisotopic (exact) mass is 290 g/mol. The Labute approximate surface area is 129 Å². The molecule has 1 aliphatic rings. The van der Waals surface area contributed by atoms with Gasteiger partial charge < -0.3 is 10.6 Å². The second kappa shape index (κ2) is 6.63. The van der Waals surface area contributed by atoms with Gasteiger partial charge in [0.05, 0.1) is 0 Å². The van der Waals surface area contributed by atoms with Crippen molar-refractivity contribution in [1.29, 1.82) is 0 Å². The summed E-state index contributed by atoms with van der Waals surface area (Å²) in [5.41, 5.74) is -0.0401. The fourth-order valence-corrected chi connectivity index (χ4v) is 2.75. The minimum absolute atomic E-state index is 0.0401. The van der Waals surface area contributed by atoms with E-state index in [9.17, 15) is 0 Å². The Bertz CT molecular complexity index is 464. The Hall–Kier alpha value is -1.32. The maximum absolute atomic E-state index is 4.75. The molecule has 0 saturated heterocycles. The molecule has 1 heterocycles. The average Bonchev–Trinajstić information content (AvgIpc) is 2.81. The minimum Gasteiger partial charge on any atom is -0.370 e. The van der Waals surface area contributed by atoms with Crippen LogP contribution in [0.4, 0.5) is 11.6 Å². The third-order valence-electron chi connectivity index (χ3n) is 4.15. The molecule has 0 bridgehead atoms. The number of anilines is 2. The molecule has 2 atom stereocenters. The fraction of sp³-hybridized carbons (Fsp3) is 0.765. The Kier molecular flexibility index (Phi) is 5.07. The molecule has 118 valence electrons. The molecule has 1 saturated carbocycles. The van der Waals surface area contributed by atoms with Crippen molar-refractivity contribution in [3.8, 4) is 0 Å². The summed E-state index contributed by atoms with van der Waals surface area (Å²) >= 11 is 0. The number of hydrogen-bond donors (Lipinski definition) is 2. The lowest BCUT2D eigenvalue weighted by molar-refractivity contribution is 0.538. The molecule has 4 heteroatoms. The van der Waals surface area contributed by atoms with E-state index in [0.717, 1.165) is 36.3 Å². The lowest BCUT2D eigenvalue weighted by Crippen LogP contribution is -2.24. The second-order valence-corrected chi connectivity index (χ2v) is 7.30. The van der Waals surface area contributed by atoms with E-state index < -0.39 is 0 Å². The molecule has 2 N–H and O–H groups in total. The Morgan fingerprint density at radius 3 is 2.48 bits per heavy atom. The molecule has 21 heavy (non-hydrogen) atoms. The Balaban J connectivity index is 2.22. The lowest BCUT2D eigenvalue weighted by Gasteiger charge is -2.22. The summed E-state index contributed by atoms with van der Waals surface area (Å²) in [5.74, 6) is 3.53. The summed E-state index contributed by atoms with van der Waals surface area (Å²) in [5, 5.41) is 7.02. The maximum Gasteiger partial charge on any atom is 0.138 e. The van der Waals surface area contributed by atoms with Crippen LogP contribution >= 0.6 is 0 Å². The zero-order valence-corrected chi connectivity index (χ0v) is 14.2. The summed E-state index contributed by atoms with van der Waals surface area (Å²) in [6.45, 7) is 11.9. The number of rotatable bonds is 5. The van der Waals surface area contributed by atoms with Gasteiger partial charge >= 0.3 is 0 Å². The highest BCUT2D eigenvalue weighted by molar-refractivity contribution is 5.49. The summed E-state index contributed by atoms with van der Waals surface area (Å²) in [6, 6.07) is 2.60. The molecule has 2 rings (SSSR count). The SMILES string of the molecule is CCCNc1cc(NC2CCCC2C)nc(C(C)(C)C)n1. The molecule has 0 radical (unpaired) electrons. The number of aromatic nitrogens is 2. The zero-order chi connectivity index (χ0) is 15.5. The normalized spacial score (nSPS) is 22.3. The van der Waals surface area contributed by atoms with Crippen molar-refractivity contribution < 1.29 is 0 Å². The van der Waals surface area contributed by atoms with E-state index in [2.05, 4.69) is 56.3 Å². The van der Waals surface area contributed by atoms with Gasteiger partial charge in [0.25, 0.3) is 0 Å². The summed E-state index contributed by atoms with van der Waals surface area (Å²) in [7, 11) is 0. The molecule has 1 fully saturated rings. The van der Waals surface area contributed by atoms with Gasteiger partial charge in [-0.2, -0.15) is 0 Å². The van der Waals surface area contributed by atoms with Crippen molar-refractivity contribution in [2.24, 2.45) is 5.92 Å². The number of hydrogen-bond acceptors (Lipinski definition) is 4. The Morgan fingerprint density at radius 2 is 1.90 bits per heavy atom. The van der Waals surface area contributed by atoms with Crippen LogP contribution in [0.3, 0.4) is 0 Å². The molecule has 0 aromatic carbocycles. The summed E-state index contributed by atoms with van der Waals surface area (Å²) in [4.78, 5) is 9.42. The quantitative estimate of drug-likeness (QED) is 0.853. The van der Waals surface area contributed by atoms with E-state index in [1.165, 1.54) is 19.3 Å². The van der Waals surface area contributed by atoms with Gasteiger partial charge in [-0.1, -0.05) is 41.0 Å². The third-order valence-corrected chi connectivity index (χ3v) is 4.15. The van der Waals surface area contributed by atoms with Gasteiger partial charge in [0, 0.05) is 24.1 Å². The molecule has 0 spiro atoms. The van der Waals surface area contributed by atoms with E-state index in [0.29, 0.717) is 6.04 Å². The summed E-state index contributed by atoms with van der Waals surface area (Å²) < 4.78 is 0. The van der Waals surface area contributed by atoms with Gasteiger partial charge in [0.15, 0.2) is 0 Å². The van der Waals surface area contributed by atoms with Crippen molar-refractivity contribution in [2.75, 3.05) is 17.2 Å². The minimum atomic E-state index is -0.0401. The molecule has 0 amide bonds. The van der Waals surface area contributed by atoms with Gasteiger partial charge in [-0.05, 0) is 25.2 Å². The van der Waals surface area contributed by atoms with Crippen LogP contribution in [-0.2, 0) is 5.41 Å². The van der Waals surface area contributed by atoms with Gasteiger partial charge in [0.1, 0.15) is 17.5 Å². The first kappa shape index (κ1) is 16.1. The smallest absolute Gasteiger partial charge is 0.138 e. The Morgan fingerprint density at radius 1 is 1.19 bits per heavy atom. The molecule has 1 aliphatic carbocycles.